The van der Waals surface area contributed by atoms with Crippen LogP contribution in [0.5, 0.6) is 0 Å². The molecule has 0 aliphatic carbocycles. The molecule has 0 aliphatic heterocycles. The second-order valence-electron chi connectivity index (χ2n) is 3.50. The van der Waals surface area contributed by atoms with Crippen LogP contribution in [0.4, 0.5) is 0 Å². The van der Waals surface area contributed by atoms with Crippen molar-refractivity contribution in [1.29, 1.82) is 0 Å². The van der Waals surface area contributed by atoms with Gasteiger partial charge in [0.1, 0.15) is 0 Å². The largest absolute Gasteiger partial charge is 0.481 e. The molecular weight excluding hydrogens is 170 g/mol. The smallest absolute Gasteiger partial charge is 0.303 e. The fourth-order valence-electron chi connectivity index (χ4n) is 0.822. The van der Waals surface area contributed by atoms with Crippen LogP contribution in [0.2, 0.25) is 0 Å². The molecule has 0 spiro atoms. The standard InChI is InChI=1S/C9H17NO3/c1-6(2)9(13)10-7(3)4-5-8(11)12/h6-7H,4-5H2,1-3H3,(H,10,13)(H,11,12). The minimum Gasteiger partial charge on any atom is -0.481 e. The van der Waals surface area contributed by atoms with Crippen LogP contribution in [0.15, 0.2) is 0 Å². The number of carboxylic acids is 1. The normalized spacial score (nSPS) is 12.6. The number of carbonyl (C=O) groups is 2. The predicted molar refractivity (Wildman–Crippen MR) is 49.3 cm³/mol. The highest BCUT2D eigenvalue weighted by Gasteiger charge is 2.11. The summed E-state index contributed by atoms with van der Waals surface area (Å²) >= 11 is 0. The molecule has 0 fully saturated rings. The maximum Gasteiger partial charge on any atom is 0.303 e. The average molecular weight is 187 g/mol. The zero-order valence-electron chi connectivity index (χ0n) is 8.33. The Morgan fingerprint density at radius 2 is 1.85 bits per heavy atom. The third kappa shape index (κ3) is 6.13. The van der Waals surface area contributed by atoms with E-state index in [1.54, 1.807) is 13.8 Å². The molecule has 0 rings (SSSR count). The van der Waals surface area contributed by atoms with Crippen LogP contribution >= 0.6 is 0 Å². The second kappa shape index (κ2) is 5.56. The third-order valence-electron chi connectivity index (χ3n) is 1.70. The van der Waals surface area contributed by atoms with Gasteiger partial charge in [0.25, 0.3) is 0 Å². The lowest BCUT2D eigenvalue weighted by Gasteiger charge is -2.14. The number of aliphatic carboxylic acids is 1. The van der Waals surface area contributed by atoms with Crippen molar-refractivity contribution in [1.82, 2.24) is 5.32 Å². The van der Waals surface area contributed by atoms with Gasteiger partial charge in [0.05, 0.1) is 0 Å². The molecule has 0 radical (unpaired) electrons. The van der Waals surface area contributed by atoms with Crippen molar-refractivity contribution in [3.8, 4) is 0 Å². The first-order valence-corrected chi connectivity index (χ1v) is 4.45. The van der Waals surface area contributed by atoms with Gasteiger partial charge < -0.3 is 10.4 Å². The van der Waals surface area contributed by atoms with Gasteiger partial charge >= 0.3 is 5.97 Å². The molecule has 4 heteroatoms. The SMILES string of the molecule is CC(CCC(=O)O)NC(=O)C(C)C. The van der Waals surface area contributed by atoms with Crippen molar-refractivity contribution in [2.75, 3.05) is 0 Å². The lowest BCUT2D eigenvalue weighted by Crippen LogP contribution is -2.35. The Morgan fingerprint density at radius 3 is 2.23 bits per heavy atom. The first-order chi connectivity index (χ1) is 5.93. The van der Waals surface area contributed by atoms with Crippen molar-refractivity contribution in [2.24, 2.45) is 5.92 Å². The molecule has 0 saturated heterocycles. The van der Waals surface area contributed by atoms with E-state index in [2.05, 4.69) is 5.32 Å². The topological polar surface area (TPSA) is 66.4 Å². The van der Waals surface area contributed by atoms with Crippen molar-refractivity contribution in [2.45, 2.75) is 39.7 Å². The molecule has 1 amide bonds. The predicted octanol–water partition coefficient (Wildman–Crippen LogP) is 1.01. The van der Waals surface area contributed by atoms with Gasteiger partial charge in [-0.3, -0.25) is 9.59 Å². The fraction of sp³-hybridized carbons (Fsp3) is 0.778. The number of carbonyl (C=O) groups excluding carboxylic acids is 1. The van der Waals surface area contributed by atoms with Gasteiger partial charge in [-0.25, -0.2) is 0 Å². The number of hydrogen-bond acceptors (Lipinski definition) is 2. The highest BCUT2D eigenvalue weighted by Crippen LogP contribution is 1.99. The third-order valence-corrected chi connectivity index (χ3v) is 1.70. The second-order valence-corrected chi connectivity index (χ2v) is 3.50. The van der Waals surface area contributed by atoms with Crippen LogP contribution in [0.1, 0.15) is 33.6 Å². The highest BCUT2D eigenvalue weighted by atomic mass is 16.4. The summed E-state index contributed by atoms with van der Waals surface area (Å²) in [7, 11) is 0. The van der Waals surface area contributed by atoms with Crippen LogP contribution in [0.25, 0.3) is 0 Å². The Morgan fingerprint density at radius 1 is 1.31 bits per heavy atom. The zero-order valence-corrected chi connectivity index (χ0v) is 8.33. The molecule has 2 N–H and O–H groups in total. The molecule has 0 heterocycles. The van der Waals surface area contributed by atoms with Crippen molar-refractivity contribution in [3.05, 3.63) is 0 Å². The summed E-state index contributed by atoms with van der Waals surface area (Å²) in [5, 5.41) is 11.1. The quantitative estimate of drug-likeness (QED) is 0.675. The molecule has 0 aliphatic rings. The van der Waals surface area contributed by atoms with Gasteiger partial charge in [0, 0.05) is 18.4 Å². The number of nitrogens with one attached hydrogen (secondary N) is 1. The Balaban J connectivity index is 3.68. The maximum atomic E-state index is 11.1. The molecule has 0 aromatic carbocycles. The van der Waals surface area contributed by atoms with E-state index in [0.717, 1.165) is 0 Å². The molecule has 1 unspecified atom stereocenters. The number of rotatable bonds is 5. The van der Waals surface area contributed by atoms with E-state index in [4.69, 9.17) is 5.11 Å². The van der Waals surface area contributed by atoms with E-state index >= 15 is 0 Å². The van der Waals surface area contributed by atoms with Crippen LogP contribution in [-0.2, 0) is 9.59 Å². The molecule has 0 saturated carbocycles. The van der Waals surface area contributed by atoms with Gasteiger partial charge in [0.2, 0.25) is 5.91 Å². The zero-order chi connectivity index (χ0) is 10.4. The van der Waals surface area contributed by atoms with Crippen molar-refractivity contribution < 1.29 is 14.7 Å². The van der Waals surface area contributed by atoms with Crippen LogP contribution in [-0.4, -0.2) is 23.0 Å². The van der Waals surface area contributed by atoms with Crippen LogP contribution in [0.3, 0.4) is 0 Å². The van der Waals surface area contributed by atoms with E-state index in [-0.39, 0.29) is 24.3 Å². The Labute approximate surface area is 78.3 Å². The summed E-state index contributed by atoms with van der Waals surface area (Å²) in [6, 6.07) is -0.0639. The highest BCUT2D eigenvalue weighted by molar-refractivity contribution is 5.78. The summed E-state index contributed by atoms with van der Waals surface area (Å²) in [6.07, 6.45) is 0.577. The number of amides is 1. The summed E-state index contributed by atoms with van der Waals surface area (Å²) in [5.41, 5.74) is 0. The molecule has 1 atom stereocenters. The Bertz CT molecular complexity index is 189. The lowest BCUT2D eigenvalue weighted by atomic mass is 10.1. The van der Waals surface area contributed by atoms with Gasteiger partial charge in [0.15, 0.2) is 0 Å². The van der Waals surface area contributed by atoms with Gasteiger partial charge in [-0.1, -0.05) is 13.8 Å². The van der Waals surface area contributed by atoms with E-state index < -0.39 is 5.97 Å². The Kier molecular flexibility index (Phi) is 5.11. The van der Waals surface area contributed by atoms with E-state index in [1.807, 2.05) is 6.92 Å². The van der Waals surface area contributed by atoms with E-state index in [9.17, 15) is 9.59 Å². The summed E-state index contributed by atoms with van der Waals surface area (Å²) < 4.78 is 0. The first-order valence-electron chi connectivity index (χ1n) is 4.45. The van der Waals surface area contributed by atoms with Gasteiger partial charge in [-0.2, -0.15) is 0 Å². The molecule has 0 aromatic rings. The summed E-state index contributed by atoms with van der Waals surface area (Å²) in [5.74, 6) is -0.907. The van der Waals surface area contributed by atoms with Crippen LogP contribution < -0.4 is 5.32 Å². The van der Waals surface area contributed by atoms with E-state index in [0.29, 0.717) is 6.42 Å². The first kappa shape index (κ1) is 11.9. The van der Waals surface area contributed by atoms with Crippen LogP contribution in [0, 0.1) is 5.92 Å². The van der Waals surface area contributed by atoms with E-state index in [1.165, 1.54) is 0 Å². The lowest BCUT2D eigenvalue weighted by molar-refractivity contribution is -0.137. The fourth-order valence-corrected chi connectivity index (χ4v) is 0.822. The van der Waals surface area contributed by atoms with Crippen molar-refractivity contribution in [3.63, 3.8) is 0 Å². The molecule has 13 heavy (non-hydrogen) atoms. The number of carboxylic acid groups (broad SMARTS) is 1. The van der Waals surface area contributed by atoms with Gasteiger partial charge in [-0.05, 0) is 13.3 Å². The van der Waals surface area contributed by atoms with Gasteiger partial charge in [-0.15, -0.1) is 0 Å². The Hall–Kier alpha value is -1.06. The molecular formula is C9H17NO3. The molecule has 4 nitrogen and oxygen atoms in total. The molecule has 0 aromatic heterocycles. The minimum absolute atomic E-state index is 0.0297. The maximum absolute atomic E-state index is 11.1. The van der Waals surface area contributed by atoms with Crippen molar-refractivity contribution >= 4 is 11.9 Å². The molecule has 76 valence electrons. The average Bonchev–Trinajstić information content (AvgIpc) is 2.00. The summed E-state index contributed by atoms with van der Waals surface area (Å²) in [4.78, 5) is 21.4. The number of hydrogen-bond donors (Lipinski definition) is 2. The monoisotopic (exact) mass is 187 g/mol. The summed E-state index contributed by atoms with van der Waals surface area (Å²) in [6.45, 7) is 5.42. The molecule has 0 bridgehead atoms. The minimum atomic E-state index is -0.828.